The molecule has 0 spiro atoms. The molecule has 0 aliphatic heterocycles. The number of rotatable bonds is 4. The molecule has 0 radical (unpaired) electrons. The van der Waals surface area contributed by atoms with Crippen molar-refractivity contribution in [3.05, 3.63) is 59.5 Å². The molecule has 4 rings (SSSR count). The number of fused-ring (bicyclic) bond motifs is 1. The highest BCUT2D eigenvalue weighted by Crippen LogP contribution is 2.40. The molecule has 124 valence electrons. The number of benzene rings is 1. The number of hydrogen-bond acceptors (Lipinski definition) is 3. The molecule has 0 N–H and O–H groups in total. The van der Waals surface area contributed by atoms with Crippen LogP contribution in [-0.4, -0.2) is 21.0 Å². The molecule has 1 saturated carbocycles. The summed E-state index contributed by atoms with van der Waals surface area (Å²) in [6.07, 6.45) is -0.226. The molecule has 1 aliphatic carbocycles. The van der Waals surface area contributed by atoms with Gasteiger partial charge in [0.05, 0.1) is 0 Å². The molecule has 0 atom stereocenters. The molecule has 2 heterocycles. The zero-order valence-corrected chi connectivity index (χ0v) is 12.6. The van der Waals surface area contributed by atoms with E-state index in [9.17, 15) is 13.2 Å². The Labute approximate surface area is 135 Å². The predicted octanol–water partition coefficient (Wildman–Crippen LogP) is 4.10. The fourth-order valence-electron chi connectivity index (χ4n) is 2.81. The van der Waals surface area contributed by atoms with E-state index in [1.165, 1.54) is 36.9 Å². The normalized spacial score (nSPS) is 15.0. The van der Waals surface area contributed by atoms with Crippen molar-refractivity contribution in [3.63, 3.8) is 0 Å². The van der Waals surface area contributed by atoms with Gasteiger partial charge in [-0.25, -0.2) is 9.50 Å². The van der Waals surface area contributed by atoms with Gasteiger partial charge < -0.3 is 4.74 Å². The van der Waals surface area contributed by atoms with Crippen LogP contribution in [0.2, 0.25) is 0 Å². The second-order valence-corrected chi connectivity index (χ2v) is 5.95. The Hall–Kier alpha value is -2.57. The second kappa shape index (κ2) is 5.51. The molecule has 4 nitrogen and oxygen atoms in total. The fourth-order valence-corrected chi connectivity index (χ4v) is 2.81. The van der Waals surface area contributed by atoms with E-state index in [0.717, 1.165) is 16.9 Å². The number of alkyl halides is 3. The Morgan fingerprint density at radius 3 is 2.54 bits per heavy atom. The monoisotopic (exact) mass is 333 g/mol. The van der Waals surface area contributed by atoms with Crippen LogP contribution in [0.3, 0.4) is 0 Å². The number of pyridine rings is 1. The molecule has 0 saturated heterocycles. The fraction of sp³-hybridized carbons (Fsp3) is 0.294. The largest absolute Gasteiger partial charge is 0.573 e. The van der Waals surface area contributed by atoms with Crippen molar-refractivity contribution < 1.29 is 17.9 Å². The molecule has 7 heteroatoms. The van der Waals surface area contributed by atoms with Gasteiger partial charge in [0.1, 0.15) is 12.1 Å². The highest BCUT2D eigenvalue weighted by Gasteiger charge is 2.31. The van der Waals surface area contributed by atoms with Gasteiger partial charge in [0.25, 0.3) is 0 Å². The quantitative estimate of drug-likeness (QED) is 0.722. The molecular formula is C17H14F3N3O. The summed E-state index contributed by atoms with van der Waals surface area (Å²) in [5, 5.41) is 4.23. The SMILES string of the molecule is FC(F)(F)Oc1ccc(Cc2cc(C3CC3)cc3ncnn23)cc1. The van der Waals surface area contributed by atoms with Crippen LogP contribution >= 0.6 is 0 Å². The summed E-state index contributed by atoms with van der Waals surface area (Å²) < 4.78 is 42.3. The van der Waals surface area contributed by atoms with Gasteiger partial charge in [-0.2, -0.15) is 5.10 Å². The lowest BCUT2D eigenvalue weighted by Crippen LogP contribution is -2.17. The van der Waals surface area contributed by atoms with E-state index in [0.29, 0.717) is 12.3 Å². The summed E-state index contributed by atoms with van der Waals surface area (Å²) in [5.41, 5.74) is 3.90. The number of ether oxygens (including phenoxy) is 1. The van der Waals surface area contributed by atoms with Crippen molar-refractivity contribution in [2.24, 2.45) is 0 Å². The molecule has 3 aromatic rings. The van der Waals surface area contributed by atoms with E-state index in [1.54, 1.807) is 16.6 Å². The van der Waals surface area contributed by atoms with Crippen molar-refractivity contribution in [2.75, 3.05) is 0 Å². The van der Waals surface area contributed by atoms with Gasteiger partial charge in [-0.15, -0.1) is 13.2 Å². The van der Waals surface area contributed by atoms with Crippen LogP contribution in [0.25, 0.3) is 5.65 Å². The Balaban J connectivity index is 1.60. The van der Waals surface area contributed by atoms with Gasteiger partial charge in [0.15, 0.2) is 5.65 Å². The highest BCUT2D eigenvalue weighted by molar-refractivity contribution is 5.45. The van der Waals surface area contributed by atoms with Gasteiger partial charge in [-0.05, 0) is 54.2 Å². The Morgan fingerprint density at radius 2 is 1.88 bits per heavy atom. The first-order valence-corrected chi connectivity index (χ1v) is 7.65. The summed E-state index contributed by atoms with van der Waals surface area (Å²) in [7, 11) is 0. The number of hydrogen-bond donors (Lipinski definition) is 0. The lowest BCUT2D eigenvalue weighted by Gasteiger charge is -2.10. The summed E-state index contributed by atoms with van der Waals surface area (Å²) in [4.78, 5) is 4.25. The smallest absolute Gasteiger partial charge is 0.406 e. The molecule has 1 aliphatic rings. The molecule has 1 aromatic carbocycles. The van der Waals surface area contributed by atoms with Gasteiger partial charge in [-0.3, -0.25) is 0 Å². The standard InChI is InChI=1S/C17H14F3N3O/c18-17(19,20)24-15-5-1-11(2-6-15)7-14-8-13(12-3-4-12)9-16-21-10-22-23(14)16/h1-2,5-6,8-10,12H,3-4,7H2. The lowest BCUT2D eigenvalue weighted by molar-refractivity contribution is -0.274. The summed E-state index contributed by atoms with van der Waals surface area (Å²) in [6, 6.07) is 10.1. The van der Waals surface area contributed by atoms with Crippen LogP contribution in [-0.2, 0) is 6.42 Å². The number of nitrogens with zero attached hydrogens (tertiary/aromatic N) is 3. The van der Waals surface area contributed by atoms with E-state index in [4.69, 9.17) is 0 Å². The van der Waals surface area contributed by atoms with Gasteiger partial charge in [0, 0.05) is 12.1 Å². The zero-order chi connectivity index (χ0) is 16.7. The minimum atomic E-state index is -4.67. The van der Waals surface area contributed by atoms with Crippen LogP contribution in [0, 0.1) is 0 Å². The molecule has 2 aromatic heterocycles. The lowest BCUT2D eigenvalue weighted by atomic mass is 10.1. The maximum absolute atomic E-state index is 12.2. The van der Waals surface area contributed by atoms with E-state index in [1.807, 2.05) is 0 Å². The summed E-state index contributed by atoms with van der Waals surface area (Å²) in [6.45, 7) is 0. The first-order chi connectivity index (χ1) is 11.5. The molecular weight excluding hydrogens is 319 g/mol. The van der Waals surface area contributed by atoms with E-state index < -0.39 is 6.36 Å². The molecule has 0 amide bonds. The van der Waals surface area contributed by atoms with E-state index in [2.05, 4.69) is 27.0 Å². The van der Waals surface area contributed by atoms with Crippen molar-refractivity contribution >= 4 is 5.65 Å². The van der Waals surface area contributed by atoms with E-state index in [-0.39, 0.29) is 5.75 Å². The highest BCUT2D eigenvalue weighted by atomic mass is 19.4. The van der Waals surface area contributed by atoms with E-state index >= 15 is 0 Å². The van der Waals surface area contributed by atoms with Crippen LogP contribution in [0.5, 0.6) is 5.75 Å². The average Bonchev–Trinajstić information content (AvgIpc) is 3.26. The van der Waals surface area contributed by atoms with Crippen LogP contribution in [0.15, 0.2) is 42.7 Å². The molecule has 0 bridgehead atoms. The minimum absolute atomic E-state index is 0.219. The topological polar surface area (TPSA) is 39.4 Å². The Bertz CT molecular complexity index is 867. The van der Waals surface area contributed by atoms with Crippen molar-refractivity contribution in [2.45, 2.75) is 31.5 Å². The number of halogens is 3. The second-order valence-electron chi connectivity index (χ2n) is 5.95. The van der Waals surface area contributed by atoms with Gasteiger partial charge >= 0.3 is 6.36 Å². The summed E-state index contributed by atoms with van der Waals surface area (Å²) in [5.74, 6) is 0.372. The molecule has 24 heavy (non-hydrogen) atoms. The maximum atomic E-state index is 12.2. The van der Waals surface area contributed by atoms with Crippen LogP contribution < -0.4 is 4.74 Å². The minimum Gasteiger partial charge on any atom is -0.406 e. The maximum Gasteiger partial charge on any atom is 0.573 e. The van der Waals surface area contributed by atoms with Crippen molar-refractivity contribution in [3.8, 4) is 5.75 Å². The van der Waals surface area contributed by atoms with Crippen LogP contribution in [0.1, 0.15) is 35.6 Å². The first kappa shape index (κ1) is 15.0. The molecule has 1 fully saturated rings. The first-order valence-electron chi connectivity index (χ1n) is 7.65. The number of aromatic nitrogens is 3. The average molecular weight is 333 g/mol. The zero-order valence-electron chi connectivity index (χ0n) is 12.6. The Kier molecular flexibility index (Phi) is 3.44. The summed E-state index contributed by atoms with van der Waals surface area (Å²) >= 11 is 0. The predicted molar refractivity (Wildman–Crippen MR) is 80.9 cm³/mol. The van der Waals surface area contributed by atoms with Crippen LogP contribution in [0.4, 0.5) is 13.2 Å². The third-order valence-corrected chi connectivity index (χ3v) is 4.07. The van der Waals surface area contributed by atoms with Gasteiger partial charge in [-0.1, -0.05) is 12.1 Å². The van der Waals surface area contributed by atoms with Crippen molar-refractivity contribution in [1.29, 1.82) is 0 Å². The Morgan fingerprint density at radius 1 is 1.12 bits per heavy atom. The van der Waals surface area contributed by atoms with Gasteiger partial charge in [0.2, 0.25) is 0 Å². The third-order valence-electron chi connectivity index (χ3n) is 4.07. The third kappa shape index (κ3) is 3.20. The van der Waals surface area contributed by atoms with Crippen molar-refractivity contribution in [1.82, 2.24) is 14.6 Å². The molecule has 0 unspecified atom stereocenters.